The van der Waals surface area contributed by atoms with Crippen molar-refractivity contribution in [1.82, 2.24) is 15.1 Å². The summed E-state index contributed by atoms with van der Waals surface area (Å²) in [6, 6.07) is 0. The minimum Gasteiger partial charge on any atom is -0.396 e. The van der Waals surface area contributed by atoms with Crippen LogP contribution in [0.5, 0.6) is 0 Å². The van der Waals surface area contributed by atoms with Gasteiger partial charge in [-0.1, -0.05) is 13.8 Å². The Balaban J connectivity index is 2.08. The standard InChI is InChI=1S/C12H23N3O/c1-12(2,10-16)5-4-6-13-7-11-8-14-15(3)9-11/h8-9,13,16H,4-7,10H2,1-3H3. The van der Waals surface area contributed by atoms with E-state index in [-0.39, 0.29) is 12.0 Å². The molecule has 0 spiro atoms. The molecular weight excluding hydrogens is 202 g/mol. The van der Waals surface area contributed by atoms with Crippen LogP contribution in [0.3, 0.4) is 0 Å². The third-order valence-corrected chi connectivity index (χ3v) is 2.72. The summed E-state index contributed by atoms with van der Waals surface area (Å²) in [6.45, 7) is 6.30. The highest BCUT2D eigenvalue weighted by Crippen LogP contribution is 2.20. The Bertz CT molecular complexity index is 307. The second-order valence-electron chi connectivity index (χ2n) is 5.12. The molecule has 0 radical (unpaired) electrons. The van der Waals surface area contributed by atoms with Crippen LogP contribution < -0.4 is 5.32 Å². The van der Waals surface area contributed by atoms with Crippen LogP contribution in [0.4, 0.5) is 0 Å². The third kappa shape index (κ3) is 4.77. The Kier molecular flexibility index (Phi) is 4.96. The number of hydrogen-bond acceptors (Lipinski definition) is 3. The topological polar surface area (TPSA) is 50.1 Å². The van der Waals surface area contributed by atoms with Gasteiger partial charge in [0.15, 0.2) is 0 Å². The van der Waals surface area contributed by atoms with E-state index >= 15 is 0 Å². The van der Waals surface area contributed by atoms with Crippen LogP contribution >= 0.6 is 0 Å². The first kappa shape index (κ1) is 13.2. The summed E-state index contributed by atoms with van der Waals surface area (Å²) in [5, 5.41) is 16.6. The van der Waals surface area contributed by atoms with Gasteiger partial charge in [0, 0.05) is 32.0 Å². The molecule has 0 unspecified atom stereocenters. The van der Waals surface area contributed by atoms with Gasteiger partial charge in [-0.15, -0.1) is 0 Å². The minimum atomic E-state index is 0.0516. The third-order valence-electron chi connectivity index (χ3n) is 2.72. The molecule has 0 atom stereocenters. The van der Waals surface area contributed by atoms with Crippen molar-refractivity contribution in [2.75, 3.05) is 13.2 Å². The van der Waals surface area contributed by atoms with E-state index in [1.54, 1.807) is 0 Å². The molecule has 0 bridgehead atoms. The molecule has 92 valence electrons. The molecule has 1 aromatic rings. The molecule has 0 aliphatic carbocycles. The Labute approximate surface area is 97.7 Å². The summed E-state index contributed by atoms with van der Waals surface area (Å²) < 4.78 is 1.81. The average molecular weight is 225 g/mol. The van der Waals surface area contributed by atoms with Crippen LogP contribution in [0.1, 0.15) is 32.3 Å². The molecule has 0 saturated heterocycles. The zero-order chi connectivity index (χ0) is 12.0. The lowest BCUT2D eigenvalue weighted by Crippen LogP contribution is -2.20. The van der Waals surface area contributed by atoms with Gasteiger partial charge in [0.25, 0.3) is 0 Å². The molecular formula is C12H23N3O. The Hall–Kier alpha value is -0.870. The normalized spacial score (nSPS) is 12.0. The molecule has 4 heteroatoms. The summed E-state index contributed by atoms with van der Waals surface area (Å²) in [7, 11) is 1.92. The van der Waals surface area contributed by atoms with E-state index in [4.69, 9.17) is 5.11 Å². The summed E-state index contributed by atoms with van der Waals surface area (Å²) in [6.07, 6.45) is 6.03. The first-order valence-corrected chi connectivity index (χ1v) is 5.82. The van der Waals surface area contributed by atoms with Crippen molar-refractivity contribution in [2.45, 2.75) is 33.2 Å². The molecule has 16 heavy (non-hydrogen) atoms. The Morgan fingerprint density at radius 3 is 2.81 bits per heavy atom. The number of aliphatic hydroxyl groups excluding tert-OH is 1. The zero-order valence-electron chi connectivity index (χ0n) is 10.5. The lowest BCUT2D eigenvalue weighted by Gasteiger charge is -2.21. The van der Waals surface area contributed by atoms with E-state index in [0.717, 1.165) is 25.9 Å². The van der Waals surface area contributed by atoms with E-state index in [9.17, 15) is 0 Å². The zero-order valence-corrected chi connectivity index (χ0v) is 10.5. The first-order valence-electron chi connectivity index (χ1n) is 5.82. The summed E-state index contributed by atoms with van der Waals surface area (Å²) >= 11 is 0. The van der Waals surface area contributed by atoms with Crippen molar-refractivity contribution >= 4 is 0 Å². The molecule has 1 heterocycles. The van der Waals surface area contributed by atoms with Crippen LogP contribution in [-0.2, 0) is 13.6 Å². The van der Waals surface area contributed by atoms with E-state index in [1.165, 1.54) is 5.56 Å². The molecule has 1 rings (SSSR count). The SMILES string of the molecule is Cn1cc(CNCCCC(C)(C)CO)cn1. The van der Waals surface area contributed by atoms with Gasteiger partial charge in [-0.05, 0) is 24.8 Å². The molecule has 4 nitrogen and oxygen atoms in total. The maximum Gasteiger partial charge on any atom is 0.0534 e. The molecule has 0 aliphatic rings. The van der Waals surface area contributed by atoms with Crippen LogP contribution in [0.2, 0.25) is 0 Å². The quantitative estimate of drug-likeness (QED) is 0.688. The van der Waals surface area contributed by atoms with Crippen molar-refractivity contribution in [3.8, 4) is 0 Å². The van der Waals surface area contributed by atoms with Gasteiger partial charge in [0.2, 0.25) is 0 Å². The highest BCUT2D eigenvalue weighted by Gasteiger charge is 2.14. The lowest BCUT2D eigenvalue weighted by atomic mass is 9.89. The van der Waals surface area contributed by atoms with Crippen molar-refractivity contribution in [1.29, 1.82) is 0 Å². The average Bonchev–Trinajstić information content (AvgIpc) is 2.64. The monoisotopic (exact) mass is 225 g/mol. The van der Waals surface area contributed by atoms with Crippen molar-refractivity contribution < 1.29 is 5.11 Å². The summed E-state index contributed by atoms with van der Waals surface area (Å²) in [5.74, 6) is 0. The van der Waals surface area contributed by atoms with Crippen LogP contribution in [0.25, 0.3) is 0 Å². The molecule has 0 saturated carbocycles. The van der Waals surface area contributed by atoms with E-state index in [1.807, 2.05) is 24.1 Å². The van der Waals surface area contributed by atoms with Crippen LogP contribution in [0, 0.1) is 5.41 Å². The fourth-order valence-corrected chi connectivity index (χ4v) is 1.57. The fourth-order valence-electron chi connectivity index (χ4n) is 1.57. The second kappa shape index (κ2) is 6.01. The smallest absolute Gasteiger partial charge is 0.0534 e. The molecule has 0 aromatic carbocycles. The van der Waals surface area contributed by atoms with Gasteiger partial charge in [-0.3, -0.25) is 4.68 Å². The van der Waals surface area contributed by atoms with Gasteiger partial charge in [-0.25, -0.2) is 0 Å². The number of aliphatic hydroxyl groups is 1. The van der Waals surface area contributed by atoms with Crippen LogP contribution in [-0.4, -0.2) is 28.0 Å². The number of nitrogens with one attached hydrogen (secondary N) is 1. The molecule has 0 fully saturated rings. The molecule has 1 aromatic heterocycles. The highest BCUT2D eigenvalue weighted by atomic mass is 16.3. The number of aromatic nitrogens is 2. The van der Waals surface area contributed by atoms with Crippen molar-refractivity contribution in [3.05, 3.63) is 18.0 Å². The number of aryl methyl sites for hydroxylation is 1. The Morgan fingerprint density at radius 1 is 1.50 bits per heavy atom. The first-order chi connectivity index (χ1) is 7.53. The van der Waals surface area contributed by atoms with Crippen molar-refractivity contribution in [2.24, 2.45) is 12.5 Å². The second-order valence-corrected chi connectivity index (χ2v) is 5.12. The van der Waals surface area contributed by atoms with Gasteiger partial charge in [0.1, 0.15) is 0 Å². The predicted molar refractivity (Wildman–Crippen MR) is 65.0 cm³/mol. The molecule has 2 N–H and O–H groups in total. The maximum atomic E-state index is 9.10. The minimum absolute atomic E-state index is 0.0516. The number of rotatable bonds is 7. The fraction of sp³-hybridized carbons (Fsp3) is 0.750. The van der Waals surface area contributed by atoms with Gasteiger partial charge in [0.05, 0.1) is 6.20 Å². The molecule has 0 aliphatic heterocycles. The predicted octanol–water partition coefficient (Wildman–Crippen LogP) is 1.31. The van der Waals surface area contributed by atoms with Gasteiger partial charge in [-0.2, -0.15) is 5.10 Å². The van der Waals surface area contributed by atoms with E-state index in [2.05, 4.69) is 24.3 Å². The van der Waals surface area contributed by atoms with E-state index in [0.29, 0.717) is 0 Å². The summed E-state index contributed by atoms with van der Waals surface area (Å²) in [4.78, 5) is 0. The number of hydrogen-bond donors (Lipinski definition) is 2. The van der Waals surface area contributed by atoms with Crippen LogP contribution in [0.15, 0.2) is 12.4 Å². The lowest BCUT2D eigenvalue weighted by molar-refractivity contribution is 0.148. The maximum absolute atomic E-state index is 9.10. The summed E-state index contributed by atoms with van der Waals surface area (Å²) in [5.41, 5.74) is 1.26. The number of nitrogens with zero attached hydrogens (tertiary/aromatic N) is 2. The van der Waals surface area contributed by atoms with Gasteiger partial charge < -0.3 is 10.4 Å². The van der Waals surface area contributed by atoms with Crippen molar-refractivity contribution in [3.63, 3.8) is 0 Å². The van der Waals surface area contributed by atoms with Gasteiger partial charge >= 0.3 is 0 Å². The Morgan fingerprint density at radius 2 is 2.25 bits per heavy atom. The highest BCUT2D eigenvalue weighted by molar-refractivity contribution is 5.02. The van der Waals surface area contributed by atoms with E-state index < -0.39 is 0 Å². The largest absolute Gasteiger partial charge is 0.396 e. The molecule has 0 amide bonds.